The smallest absolute Gasteiger partial charge is 0.227 e. The van der Waals surface area contributed by atoms with Crippen LogP contribution in [0.15, 0.2) is 46.5 Å². The van der Waals surface area contributed by atoms with Crippen molar-refractivity contribution in [1.82, 2.24) is 20.2 Å². The molecule has 0 unspecified atom stereocenters. The van der Waals surface area contributed by atoms with Crippen molar-refractivity contribution in [3.8, 4) is 0 Å². The van der Waals surface area contributed by atoms with E-state index < -0.39 is 5.60 Å². The maximum Gasteiger partial charge on any atom is 0.227 e. The zero-order valence-corrected chi connectivity index (χ0v) is 19.8. The van der Waals surface area contributed by atoms with Crippen LogP contribution in [-0.2, 0) is 4.79 Å². The van der Waals surface area contributed by atoms with Crippen LogP contribution >= 0.6 is 11.8 Å². The van der Waals surface area contributed by atoms with E-state index in [0.29, 0.717) is 42.2 Å². The fourth-order valence-corrected chi connectivity index (χ4v) is 5.44. The Labute approximate surface area is 206 Å². The summed E-state index contributed by atoms with van der Waals surface area (Å²) in [6.45, 7) is 3.92. The minimum Gasteiger partial charge on any atom is -0.386 e. The summed E-state index contributed by atoms with van der Waals surface area (Å²) in [6.07, 6.45) is 3.75. The van der Waals surface area contributed by atoms with Gasteiger partial charge in [-0.2, -0.15) is 5.10 Å². The Balaban J connectivity index is 0.00000127. The Kier molecular flexibility index (Phi) is 5.22. The molecule has 0 spiro atoms. The maximum absolute atomic E-state index is 12.0. The number of amides is 1. The largest absolute Gasteiger partial charge is 0.386 e. The monoisotopic (exact) mass is 483 g/mol. The van der Waals surface area contributed by atoms with Gasteiger partial charge in [-0.3, -0.25) is 9.89 Å². The van der Waals surface area contributed by atoms with E-state index in [1.165, 1.54) is 11.8 Å². The Morgan fingerprint density at radius 2 is 1.97 bits per heavy atom. The number of aliphatic hydroxyl groups is 1. The molecular weight excluding hydrogens is 450 g/mol. The normalized spacial score (nSPS) is 19.4. The van der Waals surface area contributed by atoms with Crippen molar-refractivity contribution in [3.63, 3.8) is 0 Å². The van der Waals surface area contributed by atoms with Crippen molar-refractivity contribution < 1.29 is 14.2 Å². The van der Waals surface area contributed by atoms with Gasteiger partial charge in [0.1, 0.15) is 17.2 Å². The molecule has 1 aromatic carbocycles. The summed E-state index contributed by atoms with van der Waals surface area (Å²) in [7, 11) is 0. The molecule has 3 aliphatic rings. The van der Waals surface area contributed by atoms with E-state index in [-0.39, 0.29) is 10.2 Å². The Bertz CT molecular complexity index is 1230. The first kappa shape index (κ1) is 21.4. The van der Waals surface area contributed by atoms with Gasteiger partial charge in [0, 0.05) is 45.7 Å². The molecule has 1 saturated carbocycles. The maximum atomic E-state index is 12.0. The van der Waals surface area contributed by atoms with Gasteiger partial charge in [0.25, 0.3) is 0 Å². The van der Waals surface area contributed by atoms with Crippen LogP contribution < -0.4 is 15.1 Å². The van der Waals surface area contributed by atoms with Gasteiger partial charge in [-0.05, 0) is 68.1 Å². The van der Waals surface area contributed by atoms with Gasteiger partial charge in [0.15, 0.2) is 11.0 Å². The van der Waals surface area contributed by atoms with E-state index in [4.69, 9.17) is 9.97 Å². The van der Waals surface area contributed by atoms with E-state index in [2.05, 4.69) is 20.4 Å². The lowest BCUT2D eigenvalue weighted by Gasteiger charge is -2.47. The molecular formula is C24H33N7O2S. The molecule has 3 N–H and O–H groups in total. The molecule has 3 aromatic rings. The lowest BCUT2D eigenvalue weighted by atomic mass is 9.89. The van der Waals surface area contributed by atoms with Crippen LogP contribution in [0.2, 0.25) is 0 Å². The SMILES string of the molecule is Cc1cc(Nc2cc(N3CC(O)(C4CC4)C3)nc(Sc3ccc(N4CCCC4=O)cc3)n2)n[nH]1.[HH].[HH].[HH]. The molecule has 2 aromatic heterocycles. The zero-order chi connectivity index (χ0) is 23.3. The number of hydrogen-bond acceptors (Lipinski definition) is 8. The first-order valence-corrected chi connectivity index (χ1v) is 12.5. The molecule has 182 valence electrons. The van der Waals surface area contributed by atoms with Crippen LogP contribution in [0.3, 0.4) is 0 Å². The molecule has 0 bridgehead atoms. The van der Waals surface area contributed by atoms with Crippen LogP contribution in [0.4, 0.5) is 23.1 Å². The first-order chi connectivity index (χ1) is 16.4. The number of anilines is 4. The van der Waals surface area contributed by atoms with Crippen LogP contribution in [0.1, 0.15) is 35.7 Å². The van der Waals surface area contributed by atoms with Gasteiger partial charge >= 0.3 is 0 Å². The second-order valence-electron chi connectivity index (χ2n) is 9.43. The highest BCUT2D eigenvalue weighted by Crippen LogP contribution is 2.45. The number of aromatic amines is 1. The summed E-state index contributed by atoms with van der Waals surface area (Å²) in [5, 5.41) is 21.8. The molecule has 4 heterocycles. The van der Waals surface area contributed by atoms with E-state index in [9.17, 15) is 9.90 Å². The number of carbonyl (C=O) groups excluding carboxylic acids is 1. The van der Waals surface area contributed by atoms with E-state index in [1.807, 2.05) is 48.2 Å². The number of carbonyl (C=O) groups is 1. The molecule has 10 heteroatoms. The van der Waals surface area contributed by atoms with Gasteiger partial charge in [-0.15, -0.1) is 0 Å². The predicted octanol–water partition coefficient (Wildman–Crippen LogP) is 4.23. The van der Waals surface area contributed by atoms with E-state index in [1.54, 1.807) is 0 Å². The van der Waals surface area contributed by atoms with Gasteiger partial charge in [0.2, 0.25) is 5.91 Å². The summed E-state index contributed by atoms with van der Waals surface area (Å²) in [4.78, 5) is 26.5. The predicted molar refractivity (Wildman–Crippen MR) is 137 cm³/mol. The van der Waals surface area contributed by atoms with Crippen molar-refractivity contribution in [2.45, 2.75) is 48.3 Å². The molecule has 2 aliphatic heterocycles. The molecule has 9 nitrogen and oxygen atoms in total. The second kappa shape index (κ2) is 8.28. The summed E-state index contributed by atoms with van der Waals surface area (Å²) < 4.78 is 0. The van der Waals surface area contributed by atoms with Crippen molar-refractivity contribution >= 4 is 40.8 Å². The molecule has 6 rings (SSSR count). The average molecular weight is 484 g/mol. The third-order valence-corrected chi connectivity index (χ3v) is 7.55. The second-order valence-corrected chi connectivity index (χ2v) is 10.5. The number of β-amino-alcohol motifs (C(OH)–C–C–N with tert-alkyl or cyclic N) is 1. The van der Waals surface area contributed by atoms with Gasteiger partial charge in [-0.1, -0.05) is 0 Å². The Hall–Kier alpha value is -3.11. The van der Waals surface area contributed by atoms with E-state index >= 15 is 0 Å². The zero-order valence-electron chi connectivity index (χ0n) is 19.0. The minimum absolute atomic E-state index is 0. The highest BCUT2D eigenvalue weighted by Gasteiger charge is 2.52. The van der Waals surface area contributed by atoms with Gasteiger partial charge in [-0.25, -0.2) is 9.97 Å². The van der Waals surface area contributed by atoms with E-state index in [0.717, 1.165) is 47.9 Å². The number of H-pyrrole nitrogens is 1. The Morgan fingerprint density at radius 1 is 1.18 bits per heavy atom. The summed E-state index contributed by atoms with van der Waals surface area (Å²) >= 11 is 1.47. The summed E-state index contributed by atoms with van der Waals surface area (Å²) in [5.74, 6) is 2.74. The number of hydrogen-bond donors (Lipinski definition) is 3. The molecule has 2 saturated heterocycles. The topological polar surface area (TPSA) is 110 Å². The standard InChI is InChI=1S/C24H27N7O2S.3H2/c1-15-11-20(29-28-15)25-19-12-21(30-13-24(33,14-30)16-4-5-16)27-23(26-19)34-18-8-6-17(7-9-18)31-10-2-3-22(31)32;;;/h6-9,11-12,16,33H,2-5,10,13-14H2,1H3,(H2,25,26,27,28,29);3*1H. The number of aryl methyl sites for hydroxylation is 1. The quantitative estimate of drug-likeness (QED) is 0.428. The van der Waals surface area contributed by atoms with Crippen molar-refractivity contribution in [3.05, 3.63) is 42.1 Å². The van der Waals surface area contributed by atoms with Crippen LogP contribution in [0.25, 0.3) is 0 Å². The summed E-state index contributed by atoms with van der Waals surface area (Å²) in [5.41, 5.74) is 1.30. The van der Waals surface area contributed by atoms with Crippen molar-refractivity contribution in [2.24, 2.45) is 5.92 Å². The number of aromatic nitrogens is 4. The lowest BCUT2D eigenvalue weighted by Crippen LogP contribution is -2.63. The van der Waals surface area contributed by atoms with Crippen LogP contribution in [-0.4, -0.2) is 56.4 Å². The average Bonchev–Trinajstić information content (AvgIpc) is 3.45. The highest BCUT2D eigenvalue weighted by atomic mass is 32.2. The lowest BCUT2D eigenvalue weighted by molar-refractivity contribution is -0.117. The van der Waals surface area contributed by atoms with Crippen LogP contribution in [0, 0.1) is 12.8 Å². The fraction of sp³-hybridized carbons (Fsp3) is 0.417. The molecule has 1 amide bonds. The third kappa shape index (κ3) is 4.23. The van der Waals surface area contributed by atoms with Gasteiger partial charge < -0.3 is 20.2 Å². The molecule has 0 radical (unpaired) electrons. The first-order valence-electron chi connectivity index (χ1n) is 11.7. The fourth-order valence-electron chi connectivity index (χ4n) is 4.67. The highest BCUT2D eigenvalue weighted by molar-refractivity contribution is 7.99. The third-order valence-electron chi connectivity index (χ3n) is 6.68. The van der Waals surface area contributed by atoms with Crippen molar-refractivity contribution in [2.75, 3.05) is 34.8 Å². The molecule has 0 atom stereocenters. The number of rotatable bonds is 7. The van der Waals surface area contributed by atoms with Crippen molar-refractivity contribution in [1.29, 1.82) is 0 Å². The molecule has 3 fully saturated rings. The molecule has 1 aliphatic carbocycles. The number of benzene rings is 1. The number of nitrogens with zero attached hydrogens (tertiary/aromatic N) is 5. The summed E-state index contributed by atoms with van der Waals surface area (Å²) in [6, 6.07) is 11.8. The number of nitrogens with one attached hydrogen (secondary N) is 2. The van der Waals surface area contributed by atoms with Crippen LogP contribution in [0.5, 0.6) is 0 Å². The Morgan fingerprint density at radius 3 is 2.62 bits per heavy atom. The minimum atomic E-state index is -0.589. The van der Waals surface area contributed by atoms with Gasteiger partial charge in [0.05, 0.1) is 13.1 Å². The molecule has 34 heavy (non-hydrogen) atoms.